The number of benzene rings is 1. The van der Waals surface area contributed by atoms with Crippen LogP contribution < -0.4 is 4.74 Å². The summed E-state index contributed by atoms with van der Waals surface area (Å²) in [5.41, 5.74) is 0.572. The van der Waals surface area contributed by atoms with Gasteiger partial charge in [0.05, 0.1) is 20.1 Å². The van der Waals surface area contributed by atoms with Crippen molar-refractivity contribution >= 4 is 22.8 Å². The summed E-state index contributed by atoms with van der Waals surface area (Å²) in [5.74, 6) is 0.406. The summed E-state index contributed by atoms with van der Waals surface area (Å²) in [5, 5.41) is 0.831. The van der Waals surface area contributed by atoms with Crippen molar-refractivity contribution in [3.8, 4) is 5.75 Å². The minimum Gasteiger partial charge on any atom is -0.493 e. The quantitative estimate of drug-likeness (QED) is 0.813. The van der Waals surface area contributed by atoms with E-state index in [1.807, 2.05) is 12.1 Å². The Kier molecular flexibility index (Phi) is 4.23. The maximum absolute atomic E-state index is 12.6. The molecule has 2 aromatic rings. The van der Waals surface area contributed by atoms with Gasteiger partial charge < -0.3 is 18.8 Å². The van der Waals surface area contributed by atoms with E-state index >= 15 is 0 Å². The molecule has 1 aromatic heterocycles. The highest BCUT2D eigenvalue weighted by molar-refractivity contribution is 5.97. The van der Waals surface area contributed by atoms with Crippen LogP contribution in [0.1, 0.15) is 23.4 Å². The first-order valence-corrected chi connectivity index (χ1v) is 7.57. The van der Waals surface area contributed by atoms with Crippen LogP contribution in [0.3, 0.4) is 0 Å². The van der Waals surface area contributed by atoms with E-state index in [1.54, 1.807) is 24.1 Å². The highest BCUT2D eigenvalue weighted by Crippen LogP contribution is 2.29. The minimum absolute atomic E-state index is 0.125. The van der Waals surface area contributed by atoms with Gasteiger partial charge in [-0.1, -0.05) is 12.1 Å². The molecule has 1 fully saturated rings. The fourth-order valence-electron chi connectivity index (χ4n) is 2.94. The second-order valence-corrected chi connectivity index (χ2v) is 5.58. The van der Waals surface area contributed by atoms with Crippen LogP contribution in [-0.4, -0.2) is 44.1 Å². The minimum atomic E-state index is -0.203. The van der Waals surface area contributed by atoms with Gasteiger partial charge in [-0.2, -0.15) is 0 Å². The van der Waals surface area contributed by atoms with E-state index in [0.717, 1.165) is 5.39 Å². The molecule has 1 aliphatic rings. The molecule has 1 saturated heterocycles. The number of esters is 1. The van der Waals surface area contributed by atoms with Crippen molar-refractivity contribution in [3.63, 3.8) is 0 Å². The van der Waals surface area contributed by atoms with Gasteiger partial charge >= 0.3 is 5.97 Å². The average molecular weight is 317 g/mol. The number of furan rings is 1. The molecule has 0 N–H and O–H groups in total. The normalized spacial score (nSPS) is 15.7. The van der Waals surface area contributed by atoms with Crippen LogP contribution in [0.15, 0.2) is 28.7 Å². The maximum atomic E-state index is 12.6. The van der Waals surface area contributed by atoms with Gasteiger partial charge in [-0.05, 0) is 25.0 Å². The van der Waals surface area contributed by atoms with Gasteiger partial charge in [0.1, 0.15) is 0 Å². The van der Waals surface area contributed by atoms with Crippen LogP contribution in [-0.2, 0) is 9.53 Å². The third-order valence-corrected chi connectivity index (χ3v) is 4.26. The molecule has 23 heavy (non-hydrogen) atoms. The zero-order chi connectivity index (χ0) is 16.4. The lowest BCUT2D eigenvalue weighted by Crippen LogP contribution is -2.40. The first kappa shape index (κ1) is 15.4. The van der Waals surface area contributed by atoms with E-state index < -0.39 is 0 Å². The zero-order valence-corrected chi connectivity index (χ0v) is 13.2. The van der Waals surface area contributed by atoms with Crippen LogP contribution in [0.25, 0.3) is 11.0 Å². The van der Waals surface area contributed by atoms with Gasteiger partial charge in [-0.3, -0.25) is 9.59 Å². The number of carbonyl (C=O) groups is 2. The van der Waals surface area contributed by atoms with E-state index in [0.29, 0.717) is 43.0 Å². The summed E-state index contributed by atoms with van der Waals surface area (Å²) in [4.78, 5) is 25.8. The van der Waals surface area contributed by atoms with Crippen molar-refractivity contribution in [1.29, 1.82) is 0 Å². The second-order valence-electron chi connectivity index (χ2n) is 5.58. The van der Waals surface area contributed by atoms with Gasteiger partial charge in [0.15, 0.2) is 17.1 Å². The monoisotopic (exact) mass is 317 g/mol. The standard InChI is InChI=1S/C17H19NO5/c1-21-13-5-3-4-12-10-14(23-15(12)13)16(19)18-8-6-11(7-9-18)17(20)22-2/h3-5,10-11H,6-9H2,1-2H3. The van der Waals surface area contributed by atoms with Crippen LogP contribution >= 0.6 is 0 Å². The maximum Gasteiger partial charge on any atom is 0.308 e. The molecule has 0 saturated carbocycles. The topological polar surface area (TPSA) is 69.0 Å². The predicted molar refractivity (Wildman–Crippen MR) is 83.4 cm³/mol. The van der Waals surface area contributed by atoms with Crippen molar-refractivity contribution in [1.82, 2.24) is 4.90 Å². The largest absolute Gasteiger partial charge is 0.493 e. The van der Waals surface area contributed by atoms with Crippen molar-refractivity contribution < 1.29 is 23.5 Å². The molecular weight excluding hydrogens is 298 g/mol. The number of rotatable bonds is 3. The molecule has 3 rings (SSSR count). The van der Waals surface area contributed by atoms with Crippen molar-refractivity contribution in [3.05, 3.63) is 30.0 Å². The summed E-state index contributed by atoms with van der Waals surface area (Å²) >= 11 is 0. The van der Waals surface area contributed by atoms with E-state index in [1.165, 1.54) is 7.11 Å². The lowest BCUT2D eigenvalue weighted by Gasteiger charge is -2.29. The molecule has 6 nitrogen and oxygen atoms in total. The average Bonchev–Trinajstić information content (AvgIpc) is 3.04. The molecule has 2 heterocycles. The number of piperidine rings is 1. The number of fused-ring (bicyclic) bond motifs is 1. The SMILES string of the molecule is COC(=O)C1CCN(C(=O)c2cc3cccc(OC)c3o2)CC1. The summed E-state index contributed by atoms with van der Waals surface area (Å²) in [7, 11) is 2.96. The molecule has 1 aromatic carbocycles. The fraction of sp³-hybridized carbons (Fsp3) is 0.412. The Labute approximate surface area is 133 Å². The smallest absolute Gasteiger partial charge is 0.308 e. The Balaban J connectivity index is 1.75. The molecule has 1 aliphatic heterocycles. The van der Waals surface area contributed by atoms with E-state index in [-0.39, 0.29) is 17.8 Å². The summed E-state index contributed by atoms with van der Waals surface area (Å²) < 4.78 is 15.7. The van der Waals surface area contributed by atoms with E-state index in [9.17, 15) is 9.59 Å². The first-order valence-electron chi connectivity index (χ1n) is 7.57. The van der Waals surface area contributed by atoms with Gasteiger partial charge in [-0.15, -0.1) is 0 Å². The van der Waals surface area contributed by atoms with Gasteiger partial charge in [0, 0.05) is 18.5 Å². The highest BCUT2D eigenvalue weighted by atomic mass is 16.5. The highest BCUT2D eigenvalue weighted by Gasteiger charge is 2.29. The number of hydrogen-bond acceptors (Lipinski definition) is 5. The van der Waals surface area contributed by atoms with Crippen LogP contribution in [0, 0.1) is 5.92 Å². The van der Waals surface area contributed by atoms with Crippen LogP contribution in [0.4, 0.5) is 0 Å². The van der Waals surface area contributed by atoms with Crippen molar-refractivity contribution in [2.45, 2.75) is 12.8 Å². The van der Waals surface area contributed by atoms with Crippen LogP contribution in [0.5, 0.6) is 5.75 Å². The molecule has 122 valence electrons. The summed E-state index contributed by atoms with van der Waals surface area (Å²) in [6.45, 7) is 1.04. The molecule has 0 atom stereocenters. The molecule has 1 amide bonds. The lowest BCUT2D eigenvalue weighted by molar-refractivity contribution is -0.146. The molecule has 6 heteroatoms. The number of ether oxygens (including phenoxy) is 2. The molecule has 0 bridgehead atoms. The van der Waals surface area contributed by atoms with Gasteiger partial charge in [0.25, 0.3) is 5.91 Å². The van der Waals surface area contributed by atoms with Crippen molar-refractivity contribution in [2.24, 2.45) is 5.92 Å². The second kappa shape index (κ2) is 6.32. The van der Waals surface area contributed by atoms with Gasteiger partial charge in [-0.25, -0.2) is 0 Å². The number of methoxy groups -OCH3 is 2. The molecule has 0 radical (unpaired) electrons. The summed E-state index contributed by atoms with van der Waals surface area (Å²) in [6.07, 6.45) is 1.23. The number of para-hydroxylation sites is 1. The molecule has 0 unspecified atom stereocenters. The van der Waals surface area contributed by atoms with Crippen LogP contribution in [0.2, 0.25) is 0 Å². The number of carbonyl (C=O) groups excluding carboxylic acids is 2. The van der Waals surface area contributed by atoms with E-state index in [4.69, 9.17) is 13.9 Å². The Morgan fingerprint density at radius 1 is 1.22 bits per heavy atom. The molecular formula is C17H19NO5. The van der Waals surface area contributed by atoms with E-state index in [2.05, 4.69) is 0 Å². The first-order chi connectivity index (χ1) is 11.1. The Bertz CT molecular complexity index is 728. The fourth-order valence-corrected chi connectivity index (χ4v) is 2.94. The Hall–Kier alpha value is -2.50. The Morgan fingerprint density at radius 2 is 1.96 bits per heavy atom. The van der Waals surface area contributed by atoms with Crippen molar-refractivity contribution in [2.75, 3.05) is 27.3 Å². The third-order valence-electron chi connectivity index (χ3n) is 4.26. The Morgan fingerprint density at radius 3 is 2.61 bits per heavy atom. The summed E-state index contributed by atoms with van der Waals surface area (Å²) in [6, 6.07) is 7.25. The lowest BCUT2D eigenvalue weighted by atomic mass is 9.97. The van der Waals surface area contributed by atoms with Gasteiger partial charge in [0.2, 0.25) is 0 Å². The molecule has 0 aliphatic carbocycles. The molecule has 0 spiro atoms. The predicted octanol–water partition coefficient (Wildman–Crippen LogP) is 2.47. The number of amides is 1. The number of nitrogens with zero attached hydrogens (tertiary/aromatic N) is 1. The third kappa shape index (κ3) is 2.88. The zero-order valence-electron chi connectivity index (χ0n) is 13.2. The number of likely N-dealkylation sites (tertiary alicyclic amines) is 1. The number of hydrogen-bond donors (Lipinski definition) is 0.